The van der Waals surface area contributed by atoms with Crippen molar-refractivity contribution in [3.63, 3.8) is 0 Å². The lowest BCUT2D eigenvalue weighted by Crippen LogP contribution is -2.51. The Morgan fingerprint density at radius 3 is 2.24 bits per heavy atom. The van der Waals surface area contributed by atoms with Crippen LogP contribution in [-0.2, 0) is 32.6 Å². The Kier molecular flexibility index (Phi) is 11.8. The SMILES string of the molecule is COc1ccc(N(CCCC(=O)N(Cc2ccc(F)cc2)C(Cc2ccccc2)C(=O)NC(C)C)S(C)(=O)=O)cc1Cl. The molecule has 0 aliphatic rings. The van der Waals surface area contributed by atoms with Gasteiger partial charge in [0.2, 0.25) is 21.8 Å². The highest BCUT2D eigenvalue weighted by atomic mass is 35.5. The van der Waals surface area contributed by atoms with Crippen molar-refractivity contribution < 1.29 is 27.1 Å². The molecule has 0 bridgehead atoms. The quantitative estimate of drug-likeness (QED) is 0.268. The van der Waals surface area contributed by atoms with Crippen molar-refractivity contribution in [1.29, 1.82) is 0 Å². The number of nitrogens with one attached hydrogen (secondary N) is 1. The predicted octanol–water partition coefficient (Wildman–Crippen LogP) is 5.20. The average Bonchev–Trinajstić information content (AvgIpc) is 2.93. The van der Waals surface area contributed by atoms with Crippen LogP contribution in [0.4, 0.5) is 10.1 Å². The van der Waals surface area contributed by atoms with Gasteiger partial charge in [-0.3, -0.25) is 13.9 Å². The predicted molar refractivity (Wildman–Crippen MR) is 164 cm³/mol. The number of halogens is 2. The number of hydrogen-bond donors (Lipinski definition) is 1. The number of carbonyl (C=O) groups excluding carboxylic acids is 2. The third kappa shape index (κ3) is 9.46. The molecule has 0 fully saturated rings. The average molecular weight is 618 g/mol. The number of amides is 2. The zero-order valence-electron chi connectivity index (χ0n) is 24.2. The van der Waals surface area contributed by atoms with E-state index in [1.165, 1.54) is 34.5 Å². The number of nitrogens with zero attached hydrogens (tertiary/aromatic N) is 2. The summed E-state index contributed by atoms with van der Waals surface area (Å²) < 4.78 is 45.3. The van der Waals surface area contributed by atoms with Gasteiger partial charge in [0.05, 0.1) is 24.1 Å². The topological polar surface area (TPSA) is 96.0 Å². The van der Waals surface area contributed by atoms with E-state index in [0.717, 1.165) is 11.8 Å². The monoisotopic (exact) mass is 617 g/mol. The number of benzene rings is 3. The molecule has 0 aromatic heterocycles. The van der Waals surface area contributed by atoms with Crippen LogP contribution in [0.25, 0.3) is 0 Å². The molecule has 3 rings (SSSR count). The van der Waals surface area contributed by atoms with Crippen molar-refractivity contribution >= 4 is 39.1 Å². The first-order valence-electron chi connectivity index (χ1n) is 13.6. The fourth-order valence-electron chi connectivity index (χ4n) is 4.54. The van der Waals surface area contributed by atoms with E-state index in [9.17, 15) is 22.4 Å². The Morgan fingerprint density at radius 1 is 1.00 bits per heavy atom. The van der Waals surface area contributed by atoms with Crippen LogP contribution in [0.3, 0.4) is 0 Å². The Hall–Kier alpha value is -3.63. The molecule has 0 aliphatic heterocycles. The van der Waals surface area contributed by atoms with Gasteiger partial charge in [-0.25, -0.2) is 12.8 Å². The van der Waals surface area contributed by atoms with Gasteiger partial charge in [-0.2, -0.15) is 0 Å². The van der Waals surface area contributed by atoms with Crippen LogP contribution in [-0.4, -0.2) is 57.1 Å². The van der Waals surface area contributed by atoms with Gasteiger partial charge in [0, 0.05) is 32.0 Å². The molecule has 0 saturated carbocycles. The van der Waals surface area contributed by atoms with Crippen LogP contribution in [0.15, 0.2) is 72.8 Å². The molecule has 0 radical (unpaired) electrons. The standard InChI is InChI=1S/C31H37ClFN3O5S/c1-22(2)34-31(38)28(19-23-9-6-5-7-10-23)35(21-24-12-14-25(33)15-13-24)30(37)11-8-18-36(42(4,39)40)26-16-17-29(41-3)27(32)20-26/h5-7,9-10,12-17,20,22,28H,8,11,18-19,21H2,1-4H3,(H,34,38). The second-order valence-electron chi connectivity index (χ2n) is 10.3. The molecule has 1 atom stereocenters. The third-order valence-corrected chi connectivity index (χ3v) is 8.03. The summed E-state index contributed by atoms with van der Waals surface area (Å²) in [6.45, 7) is 3.77. The lowest BCUT2D eigenvalue weighted by Gasteiger charge is -2.32. The van der Waals surface area contributed by atoms with Crippen LogP contribution < -0.4 is 14.4 Å². The van der Waals surface area contributed by atoms with Crippen molar-refractivity contribution in [3.05, 3.63) is 94.8 Å². The second-order valence-corrected chi connectivity index (χ2v) is 12.6. The molecular formula is C31H37ClFN3O5S. The van der Waals surface area contributed by atoms with E-state index in [4.69, 9.17) is 16.3 Å². The van der Waals surface area contributed by atoms with E-state index >= 15 is 0 Å². The summed E-state index contributed by atoms with van der Waals surface area (Å²) in [6.07, 6.45) is 1.50. The van der Waals surface area contributed by atoms with Gasteiger partial charge in [0.25, 0.3) is 0 Å². The van der Waals surface area contributed by atoms with Crippen molar-refractivity contribution in [2.45, 2.75) is 51.7 Å². The second kappa shape index (κ2) is 15.0. The van der Waals surface area contributed by atoms with E-state index in [1.54, 1.807) is 24.3 Å². The largest absolute Gasteiger partial charge is 0.495 e. The molecule has 3 aromatic rings. The van der Waals surface area contributed by atoms with Crippen molar-refractivity contribution in [1.82, 2.24) is 10.2 Å². The Labute approximate surface area is 252 Å². The minimum absolute atomic E-state index is 0.0131. The molecule has 0 spiro atoms. The molecule has 0 heterocycles. The van der Waals surface area contributed by atoms with Gasteiger partial charge in [0.1, 0.15) is 17.6 Å². The van der Waals surface area contributed by atoms with Gasteiger partial charge in [0.15, 0.2) is 0 Å². The van der Waals surface area contributed by atoms with E-state index in [1.807, 2.05) is 44.2 Å². The first-order chi connectivity index (χ1) is 19.9. The van der Waals surface area contributed by atoms with Crippen LogP contribution >= 0.6 is 11.6 Å². The minimum atomic E-state index is -3.70. The number of carbonyl (C=O) groups is 2. The van der Waals surface area contributed by atoms with E-state index < -0.39 is 21.9 Å². The van der Waals surface area contributed by atoms with Gasteiger partial charge >= 0.3 is 0 Å². The summed E-state index contributed by atoms with van der Waals surface area (Å²) >= 11 is 6.23. The highest BCUT2D eigenvalue weighted by Crippen LogP contribution is 2.30. The van der Waals surface area contributed by atoms with Gasteiger partial charge < -0.3 is 15.0 Å². The molecule has 2 amide bonds. The number of hydrogen-bond acceptors (Lipinski definition) is 5. The van der Waals surface area contributed by atoms with Gasteiger partial charge in [-0.15, -0.1) is 0 Å². The molecule has 42 heavy (non-hydrogen) atoms. The molecule has 8 nitrogen and oxygen atoms in total. The number of ether oxygens (including phenoxy) is 1. The molecule has 11 heteroatoms. The zero-order chi connectivity index (χ0) is 30.9. The zero-order valence-corrected chi connectivity index (χ0v) is 25.8. The molecule has 0 saturated heterocycles. The molecule has 226 valence electrons. The fraction of sp³-hybridized carbons (Fsp3) is 0.355. The van der Waals surface area contributed by atoms with Gasteiger partial charge in [-0.1, -0.05) is 54.1 Å². The molecule has 0 aliphatic carbocycles. The first kappa shape index (κ1) is 32.9. The Balaban J connectivity index is 1.88. The lowest BCUT2D eigenvalue weighted by molar-refractivity contribution is -0.141. The minimum Gasteiger partial charge on any atom is -0.495 e. The maximum Gasteiger partial charge on any atom is 0.243 e. The van der Waals surface area contributed by atoms with E-state index in [0.29, 0.717) is 17.0 Å². The molecular weight excluding hydrogens is 581 g/mol. The van der Waals surface area contributed by atoms with Crippen molar-refractivity contribution in [2.24, 2.45) is 0 Å². The number of rotatable bonds is 14. The van der Waals surface area contributed by atoms with E-state index in [-0.39, 0.29) is 55.2 Å². The van der Waals surface area contributed by atoms with Crippen LogP contribution in [0.5, 0.6) is 5.75 Å². The first-order valence-corrected chi connectivity index (χ1v) is 15.8. The summed E-state index contributed by atoms with van der Waals surface area (Å²) in [5, 5.41) is 3.18. The lowest BCUT2D eigenvalue weighted by atomic mass is 10.0. The number of sulfonamides is 1. The Morgan fingerprint density at radius 2 is 1.67 bits per heavy atom. The maximum absolute atomic E-state index is 13.8. The number of methoxy groups -OCH3 is 1. The summed E-state index contributed by atoms with van der Waals surface area (Å²) in [5.74, 6) is -0.644. The smallest absolute Gasteiger partial charge is 0.243 e. The fourth-order valence-corrected chi connectivity index (χ4v) is 5.74. The molecule has 1 N–H and O–H groups in total. The molecule has 3 aromatic carbocycles. The summed E-state index contributed by atoms with van der Waals surface area (Å²) in [4.78, 5) is 28.8. The van der Waals surface area contributed by atoms with Crippen molar-refractivity contribution in [3.8, 4) is 5.75 Å². The van der Waals surface area contributed by atoms with Crippen LogP contribution in [0.1, 0.15) is 37.8 Å². The highest BCUT2D eigenvalue weighted by Gasteiger charge is 2.31. The van der Waals surface area contributed by atoms with E-state index in [2.05, 4.69) is 5.32 Å². The van der Waals surface area contributed by atoms with Crippen molar-refractivity contribution in [2.75, 3.05) is 24.2 Å². The molecule has 1 unspecified atom stereocenters. The summed E-state index contributed by atoms with van der Waals surface area (Å²) in [6, 6.07) is 18.8. The third-order valence-electron chi connectivity index (χ3n) is 6.54. The van der Waals surface area contributed by atoms with Crippen LogP contribution in [0.2, 0.25) is 5.02 Å². The van der Waals surface area contributed by atoms with Gasteiger partial charge in [-0.05, 0) is 61.7 Å². The number of anilines is 1. The highest BCUT2D eigenvalue weighted by molar-refractivity contribution is 7.92. The normalized spacial score (nSPS) is 12.1. The summed E-state index contributed by atoms with van der Waals surface area (Å²) in [5.41, 5.74) is 1.88. The summed E-state index contributed by atoms with van der Waals surface area (Å²) in [7, 11) is -2.24. The maximum atomic E-state index is 13.8. The Bertz CT molecular complexity index is 1450. The van der Waals surface area contributed by atoms with Crippen LogP contribution in [0, 0.1) is 5.82 Å².